The molecule has 0 atom stereocenters. The van der Waals surface area contributed by atoms with Gasteiger partial charge in [0.05, 0.1) is 11.0 Å². The highest BCUT2D eigenvalue weighted by molar-refractivity contribution is 6.30. The topological polar surface area (TPSA) is 94.8 Å². The lowest BCUT2D eigenvalue weighted by Crippen LogP contribution is -2.29. The quantitative estimate of drug-likeness (QED) is 0.632. The molecule has 6 nitrogen and oxygen atoms in total. The smallest absolute Gasteiger partial charge is 0.314 e. The standard InChI is InChI=1S/C15H10ClN3O3/c16-9-2-4-10(5-3-9)17-13(20)8-1-6-11-12(7-8)19-15(22)14(21)18-11/h1-7H,(H,17,20)(H,18,21)(H,19,22). The molecule has 0 radical (unpaired) electrons. The predicted octanol–water partition coefficient (Wildman–Crippen LogP) is 2.12. The molecule has 1 aromatic heterocycles. The predicted molar refractivity (Wildman–Crippen MR) is 84.6 cm³/mol. The van der Waals surface area contributed by atoms with Crippen LogP contribution in [-0.4, -0.2) is 15.9 Å². The van der Waals surface area contributed by atoms with Crippen LogP contribution in [0.4, 0.5) is 5.69 Å². The van der Waals surface area contributed by atoms with Gasteiger partial charge in [-0.2, -0.15) is 0 Å². The van der Waals surface area contributed by atoms with Crippen molar-refractivity contribution >= 4 is 34.2 Å². The number of aromatic nitrogens is 2. The van der Waals surface area contributed by atoms with E-state index in [1.165, 1.54) is 6.07 Å². The van der Waals surface area contributed by atoms with Gasteiger partial charge in [0, 0.05) is 16.3 Å². The Morgan fingerprint density at radius 3 is 2.23 bits per heavy atom. The SMILES string of the molecule is O=C(Nc1ccc(Cl)cc1)c1ccc2[nH]c(=O)c(=O)[nH]c2c1. The highest BCUT2D eigenvalue weighted by atomic mass is 35.5. The van der Waals surface area contributed by atoms with Gasteiger partial charge < -0.3 is 15.3 Å². The van der Waals surface area contributed by atoms with Crippen molar-refractivity contribution in [2.75, 3.05) is 5.32 Å². The average molecular weight is 316 g/mol. The normalized spacial score (nSPS) is 10.6. The number of nitrogens with one attached hydrogen (secondary N) is 3. The summed E-state index contributed by atoms with van der Waals surface area (Å²) in [4.78, 5) is 39.6. The minimum atomic E-state index is -0.761. The molecule has 3 aromatic rings. The van der Waals surface area contributed by atoms with Crippen LogP contribution in [-0.2, 0) is 0 Å². The Morgan fingerprint density at radius 2 is 1.55 bits per heavy atom. The fourth-order valence-corrected chi connectivity index (χ4v) is 2.12. The molecule has 1 amide bonds. The number of amides is 1. The van der Waals surface area contributed by atoms with E-state index in [-0.39, 0.29) is 5.91 Å². The number of hydrogen-bond donors (Lipinski definition) is 3. The Balaban J connectivity index is 1.94. The summed E-state index contributed by atoms with van der Waals surface area (Å²) in [6.07, 6.45) is 0. The number of halogens is 1. The molecular formula is C15H10ClN3O3. The van der Waals surface area contributed by atoms with Gasteiger partial charge in [-0.3, -0.25) is 14.4 Å². The van der Waals surface area contributed by atoms with Gasteiger partial charge in [0.2, 0.25) is 0 Å². The molecule has 0 unspecified atom stereocenters. The molecule has 0 bridgehead atoms. The van der Waals surface area contributed by atoms with Gasteiger partial charge in [-0.25, -0.2) is 0 Å². The van der Waals surface area contributed by atoms with Crippen LogP contribution in [0.25, 0.3) is 11.0 Å². The number of carbonyl (C=O) groups excluding carboxylic acids is 1. The van der Waals surface area contributed by atoms with E-state index < -0.39 is 11.1 Å². The summed E-state index contributed by atoms with van der Waals surface area (Å²) < 4.78 is 0. The first-order valence-electron chi connectivity index (χ1n) is 6.36. The number of H-pyrrole nitrogens is 2. The van der Waals surface area contributed by atoms with E-state index in [0.717, 1.165) is 0 Å². The highest BCUT2D eigenvalue weighted by Crippen LogP contribution is 2.15. The van der Waals surface area contributed by atoms with Gasteiger partial charge >= 0.3 is 11.1 Å². The third kappa shape index (κ3) is 2.77. The number of hydrogen-bond acceptors (Lipinski definition) is 3. The average Bonchev–Trinajstić information content (AvgIpc) is 2.50. The molecular weight excluding hydrogens is 306 g/mol. The van der Waals surface area contributed by atoms with Crippen LogP contribution < -0.4 is 16.4 Å². The van der Waals surface area contributed by atoms with E-state index in [4.69, 9.17) is 11.6 Å². The Hall–Kier alpha value is -2.86. The van der Waals surface area contributed by atoms with Gasteiger partial charge in [0.15, 0.2) is 0 Å². The largest absolute Gasteiger partial charge is 0.322 e. The molecule has 2 aromatic carbocycles. The molecule has 1 heterocycles. The molecule has 22 heavy (non-hydrogen) atoms. The second-order valence-corrected chi connectivity index (χ2v) is 5.07. The maximum absolute atomic E-state index is 12.2. The molecule has 3 rings (SSSR count). The molecule has 0 saturated heterocycles. The summed E-state index contributed by atoms with van der Waals surface area (Å²) >= 11 is 5.78. The van der Waals surface area contributed by atoms with Crippen molar-refractivity contribution in [1.29, 1.82) is 0 Å². The van der Waals surface area contributed by atoms with Gasteiger partial charge in [-0.15, -0.1) is 0 Å². The van der Waals surface area contributed by atoms with Gasteiger partial charge in [0.25, 0.3) is 5.91 Å². The Morgan fingerprint density at radius 1 is 0.909 bits per heavy atom. The molecule has 0 aliphatic carbocycles. The van der Waals surface area contributed by atoms with E-state index in [1.807, 2.05) is 0 Å². The number of anilines is 1. The van der Waals surface area contributed by atoms with E-state index in [0.29, 0.717) is 27.3 Å². The van der Waals surface area contributed by atoms with Crippen LogP contribution in [0.5, 0.6) is 0 Å². The molecule has 110 valence electrons. The van der Waals surface area contributed by atoms with Crippen molar-refractivity contribution in [2.45, 2.75) is 0 Å². The molecule has 7 heteroatoms. The van der Waals surface area contributed by atoms with E-state index >= 15 is 0 Å². The molecule has 3 N–H and O–H groups in total. The van der Waals surface area contributed by atoms with Crippen LogP contribution >= 0.6 is 11.6 Å². The minimum Gasteiger partial charge on any atom is -0.322 e. The molecule has 0 saturated carbocycles. The second kappa shape index (κ2) is 5.50. The summed E-state index contributed by atoms with van der Waals surface area (Å²) in [5, 5.41) is 3.29. The van der Waals surface area contributed by atoms with E-state index in [9.17, 15) is 14.4 Å². The van der Waals surface area contributed by atoms with Crippen molar-refractivity contribution in [1.82, 2.24) is 9.97 Å². The molecule has 0 aliphatic heterocycles. The Kier molecular flexibility index (Phi) is 3.52. The number of fused-ring (bicyclic) bond motifs is 1. The Labute approximate surface area is 128 Å². The second-order valence-electron chi connectivity index (χ2n) is 4.63. The zero-order valence-corrected chi connectivity index (χ0v) is 11.9. The summed E-state index contributed by atoms with van der Waals surface area (Å²) in [5.74, 6) is -0.337. The van der Waals surface area contributed by atoms with E-state index in [2.05, 4.69) is 15.3 Å². The third-order valence-corrected chi connectivity index (χ3v) is 3.34. The van der Waals surface area contributed by atoms with Crippen LogP contribution in [0.15, 0.2) is 52.1 Å². The van der Waals surface area contributed by atoms with Crippen molar-refractivity contribution in [3.63, 3.8) is 0 Å². The first-order chi connectivity index (χ1) is 10.5. The lowest BCUT2D eigenvalue weighted by atomic mass is 10.1. The molecule has 0 spiro atoms. The zero-order chi connectivity index (χ0) is 15.7. The van der Waals surface area contributed by atoms with Crippen LogP contribution in [0.2, 0.25) is 5.02 Å². The van der Waals surface area contributed by atoms with Crippen molar-refractivity contribution in [3.05, 3.63) is 73.8 Å². The van der Waals surface area contributed by atoms with Gasteiger partial charge in [-0.05, 0) is 42.5 Å². The van der Waals surface area contributed by atoms with Crippen LogP contribution in [0.3, 0.4) is 0 Å². The zero-order valence-electron chi connectivity index (χ0n) is 11.1. The number of aromatic amines is 2. The van der Waals surface area contributed by atoms with Gasteiger partial charge in [0.1, 0.15) is 0 Å². The number of benzene rings is 2. The van der Waals surface area contributed by atoms with Crippen LogP contribution in [0.1, 0.15) is 10.4 Å². The fraction of sp³-hybridized carbons (Fsp3) is 0. The van der Waals surface area contributed by atoms with Crippen molar-refractivity contribution < 1.29 is 4.79 Å². The maximum Gasteiger partial charge on any atom is 0.314 e. The lowest BCUT2D eigenvalue weighted by molar-refractivity contribution is 0.102. The summed E-state index contributed by atoms with van der Waals surface area (Å²) in [7, 11) is 0. The first-order valence-corrected chi connectivity index (χ1v) is 6.74. The van der Waals surface area contributed by atoms with Gasteiger partial charge in [-0.1, -0.05) is 11.6 Å². The van der Waals surface area contributed by atoms with Crippen LogP contribution in [0, 0.1) is 0 Å². The molecule has 0 aliphatic rings. The maximum atomic E-state index is 12.2. The molecule has 0 fully saturated rings. The Bertz CT molecular complexity index is 974. The lowest BCUT2D eigenvalue weighted by Gasteiger charge is -2.06. The van der Waals surface area contributed by atoms with Crippen molar-refractivity contribution in [2.24, 2.45) is 0 Å². The summed E-state index contributed by atoms with van der Waals surface area (Å²) in [6.45, 7) is 0. The summed E-state index contributed by atoms with van der Waals surface area (Å²) in [5.41, 5.74) is 0.296. The minimum absolute atomic E-state index is 0.337. The van der Waals surface area contributed by atoms with Crippen molar-refractivity contribution in [3.8, 4) is 0 Å². The fourth-order valence-electron chi connectivity index (χ4n) is 1.99. The monoisotopic (exact) mass is 315 g/mol. The number of rotatable bonds is 2. The number of carbonyl (C=O) groups is 1. The van der Waals surface area contributed by atoms with E-state index in [1.54, 1.807) is 36.4 Å². The first kappa shape index (κ1) is 14.1. The third-order valence-electron chi connectivity index (χ3n) is 3.09. The highest BCUT2D eigenvalue weighted by Gasteiger charge is 2.08. The summed E-state index contributed by atoms with van der Waals surface area (Å²) in [6, 6.07) is 11.3.